The number of rotatable bonds is 10. The Morgan fingerprint density at radius 1 is 0.887 bits per heavy atom. The molecule has 62 heavy (non-hydrogen) atoms. The van der Waals surface area contributed by atoms with Gasteiger partial charge in [-0.05, 0) is 71.7 Å². The van der Waals surface area contributed by atoms with Crippen molar-refractivity contribution in [1.29, 1.82) is 0 Å². The summed E-state index contributed by atoms with van der Waals surface area (Å²) in [7, 11) is 5.94. The van der Waals surface area contributed by atoms with E-state index in [1.807, 2.05) is 0 Å². The van der Waals surface area contributed by atoms with Gasteiger partial charge in [0.2, 0.25) is 0 Å². The van der Waals surface area contributed by atoms with Gasteiger partial charge in [-0.2, -0.15) is 5.01 Å². The molecule has 9 rings (SSSR count). The molecule has 2 N–H and O–H groups in total. The zero-order valence-electron chi connectivity index (χ0n) is 33.8. The van der Waals surface area contributed by atoms with Crippen LogP contribution >= 0.6 is 11.6 Å². The highest BCUT2D eigenvalue weighted by molar-refractivity contribution is 6.30. The molecule has 1 saturated heterocycles. The van der Waals surface area contributed by atoms with Crippen LogP contribution in [0, 0.1) is 11.7 Å². The minimum absolute atomic E-state index is 0.0721. The third kappa shape index (κ3) is 6.01. The molecule has 2 aliphatic heterocycles. The highest BCUT2D eigenvalue weighted by atomic mass is 35.5. The van der Waals surface area contributed by atoms with Gasteiger partial charge in [-0.1, -0.05) is 35.9 Å². The molecule has 4 heterocycles. The van der Waals surface area contributed by atoms with E-state index < -0.39 is 57.9 Å². The van der Waals surface area contributed by atoms with Crippen molar-refractivity contribution in [2.45, 2.75) is 43.3 Å². The zero-order chi connectivity index (χ0) is 43.8. The van der Waals surface area contributed by atoms with Gasteiger partial charge in [0.05, 0.1) is 62.0 Å². The molecule has 4 unspecified atom stereocenters. The van der Waals surface area contributed by atoms with Crippen LogP contribution in [0.25, 0.3) is 11.0 Å². The third-order valence-corrected chi connectivity index (χ3v) is 12.6. The lowest BCUT2D eigenvalue weighted by molar-refractivity contribution is -0.138. The first kappa shape index (κ1) is 40.3. The molecule has 6 aromatic rings. The van der Waals surface area contributed by atoms with Gasteiger partial charge in [0.15, 0.2) is 23.0 Å². The monoisotopic (exact) mass is 863 g/mol. The lowest BCUT2D eigenvalue weighted by atomic mass is 9.53. The highest BCUT2D eigenvalue weighted by Gasteiger charge is 2.68. The van der Waals surface area contributed by atoms with Crippen molar-refractivity contribution >= 4 is 40.1 Å². The van der Waals surface area contributed by atoms with Crippen LogP contribution in [0.15, 0.2) is 105 Å². The van der Waals surface area contributed by atoms with Crippen LogP contribution in [0.2, 0.25) is 5.02 Å². The minimum atomic E-state index is -1.66. The normalized spacial score (nSPS) is 20.4. The molecule has 4 aromatic carbocycles. The van der Waals surface area contributed by atoms with Crippen molar-refractivity contribution in [1.82, 2.24) is 28.5 Å². The van der Waals surface area contributed by atoms with Gasteiger partial charge in [0.1, 0.15) is 11.5 Å². The molecule has 2 aromatic heterocycles. The summed E-state index contributed by atoms with van der Waals surface area (Å²) in [5.74, 6) is -3.12. The van der Waals surface area contributed by atoms with Gasteiger partial charge in [-0.3, -0.25) is 19.8 Å². The summed E-state index contributed by atoms with van der Waals surface area (Å²) in [6.07, 6.45) is 1.63. The van der Waals surface area contributed by atoms with E-state index in [0.29, 0.717) is 44.3 Å². The largest absolute Gasteiger partial charge is 0.504 e. The van der Waals surface area contributed by atoms with E-state index in [-0.39, 0.29) is 48.8 Å². The average Bonchev–Trinajstić information content (AvgIpc) is 3.64. The van der Waals surface area contributed by atoms with Crippen LogP contribution in [0.4, 0.5) is 10.1 Å². The maximum atomic E-state index is 15.4. The predicted molar refractivity (Wildman–Crippen MR) is 224 cm³/mol. The fourth-order valence-corrected chi connectivity index (χ4v) is 9.62. The number of hydrazine groups is 1. The molecule has 2 amide bonds. The first-order valence-corrected chi connectivity index (χ1v) is 20.0. The fourth-order valence-electron chi connectivity index (χ4n) is 9.49. The predicted octanol–water partition coefficient (Wildman–Crippen LogP) is 4.44. The van der Waals surface area contributed by atoms with Crippen LogP contribution in [-0.4, -0.2) is 66.7 Å². The summed E-state index contributed by atoms with van der Waals surface area (Å²) >= 11 is 6.38. The topological polar surface area (TPSA) is 181 Å². The number of methoxy groups -OCH3 is 3. The van der Waals surface area contributed by atoms with E-state index in [4.69, 9.17) is 25.8 Å². The van der Waals surface area contributed by atoms with Gasteiger partial charge in [-0.25, -0.2) is 32.9 Å². The number of hydrogen-bond acceptors (Lipinski definition) is 11. The number of aromatic hydroxyl groups is 1. The Balaban J connectivity index is 1.18. The van der Waals surface area contributed by atoms with Crippen molar-refractivity contribution in [2.75, 3.05) is 26.8 Å². The standard InChI is InChI=1S/C44H39ClFN7O9/c1-49-33-22-37(62-4)36(61-3)21-31(33)47-30(40(49)56)16-17-50-42(58)51-18-15-28-32(53(51)43(50)59)20-29-39(55)52(48-27-12-10-26(46)11-13-27)41(57)44(29,24-6-8-25(45)9-7-24)38(28)23-5-14-34(54)35(19-23)60-2/h5-15,19,21-22,29,32,38,48,54H,16-18,20H2,1-4H3. The smallest absolute Gasteiger partial charge is 0.347 e. The second-order valence-corrected chi connectivity index (χ2v) is 15.8. The first-order chi connectivity index (χ1) is 29.8. The van der Waals surface area contributed by atoms with E-state index in [0.717, 1.165) is 9.58 Å². The summed E-state index contributed by atoms with van der Waals surface area (Å²) < 4.78 is 35.4. The number of carbonyl (C=O) groups is 2. The number of nitrogens with one attached hydrogen (secondary N) is 1. The van der Waals surface area contributed by atoms with Crippen LogP contribution in [0.5, 0.6) is 23.0 Å². The number of phenolic OH excluding ortho intramolecular Hbond substituents is 1. The summed E-state index contributed by atoms with van der Waals surface area (Å²) in [4.78, 5) is 77.2. The molecule has 318 valence electrons. The second kappa shape index (κ2) is 15.1. The summed E-state index contributed by atoms with van der Waals surface area (Å²) in [5, 5.41) is 12.0. The number of aryl methyl sites for hydroxylation is 2. The molecule has 18 heteroatoms. The Bertz CT molecular complexity index is 3050. The number of imide groups is 1. The molecular formula is C44H39ClFN7O9. The number of benzene rings is 4. The van der Waals surface area contributed by atoms with E-state index in [1.165, 1.54) is 65.6 Å². The molecule has 3 aliphatic rings. The molecule has 1 saturated carbocycles. The van der Waals surface area contributed by atoms with Gasteiger partial charge < -0.3 is 23.9 Å². The third-order valence-electron chi connectivity index (χ3n) is 12.4. The first-order valence-electron chi connectivity index (χ1n) is 19.6. The van der Waals surface area contributed by atoms with Crippen LogP contribution in [0.3, 0.4) is 0 Å². The Morgan fingerprint density at radius 2 is 1.58 bits per heavy atom. The average molecular weight is 864 g/mol. The molecule has 2 fully saturated rings. The lowest BCUT2D eigenvalue weighted by Crippen LogP contribution is -2.53. The van der Waals surface area contributed by atoms with E-state index in [1.54, 1.807) is 61.7 Å². The fraction of sp³-hybridized carbons (Fsp3) is 0.273. The Morgan fingerprint density at radius 3 is 2.27 bits per heavy atom. The highest BCUT2D eigenvalue weighted by Crippen LogP contribution is 2.62. The SMILES string of the molecule is COc1cc(C2C3=CCn4c(=O)n(CCc5nc6cc(OC)c(OC)cc6n(C)c5=O)c(=O)n4C3CC3C(=O)N(Nc4ccc(F)cc4)C(=O)C32c2ccc(Cl)cc2)ccc1O. The van der Waals surface area contributed by atoms with E-state index in [9.17, 15) is 28.7 Å². The van der Waals surface area contributed by atoms with E-state index >= 15 is 4.79 Å². The number of aromatic nitrogens is 5. The molecule has 1 aliphatic carbocycles. The molecule has 4 atom stereocenters. The van der Waals surface area contributed by atoms with Crippen LogP contribution < -0.4 is 36.6 Å². The van der Waals surface area contributed by atoms with Crippen molar-refractivity contribution in [3.63, 3.8) is 0 Å². The molecular weight excluding hydrogens is 825 g/mol. The maximum Gasteiger partial charge on any atom is 0.347 e. The molecule has 0 spiro atoms. The number of amides is 2. The Hall–Kier alpha value is -7.14. The quantitative estimate of drug-likeness (QED) is 0.147. The number of halogens is 2. The van der Waals surface area contributed by atoms with Gasteiger partial charge in [0.25, 0.3) is 17.4 Å². The molecule has 16 nitrogen and oxygen atoms in total. The van der Waals surface area contributed by atoms with Crippen molar-refractivity contribution in [2.24, 2.45) is 13.0 Å². The summed E-state index contributed by atoms with van der Waals surface area (Å²) in [5.41, 5.74) is 2.32. The number of hydrogen-bond donors (Lipinski definition) is 2. The number of anilines is 1. The number of ether oxygens (including phenoxy) is 3. The van der Waals surface area contributed by atoms with Crippen molar-refractivity contribution in [3.05, 3.63) is 149 Å². The number of nitrogens with zero attached hydrogens (tertiary/aromatic N) is 6. The van der Waals surface area contributed by atoms with Gasteiger partial charge in [-0.15, -0.1) is 0 Å². The van der Waals surface area contributed by atoms with Crippen LogP contribution in [-0.2, 0) is 41.6 Å². The van der Waals surface area contributed by atoms with Gasteiger partial charge in [0, 0.05) is 43.1 Å². The maximum absolute atomic E-state index is 15.4. The molecule has 0 radical (unpaired) electrons. The number of allylic oxidation sites excluding steroid dienone is 2. The van der Waals surface area contributed by atoms with Crippen molar-refractivity contribution in [3.8, 4) is 23.0 Å². The summed E-state index contributed by atoms with van der Waals surface area (Å²) in [6.45, 7) is -0.269. The number of phenols is 1. The van der Waals surface area contributed by atoms with Crippen LogP contribution in [0.1, 0.15) is 35.2 Å². The second-order valence-electron chi connectivity index (χ2n) is 15.4. The van der Waals surface area contributed by atoms with E-state index in [2.05, 4.69) is 10.4 Å². The van der Waals surface area contributed by atoms with Crippen molar-refractivity contribution < 1.29 is 33.3 Å². The number of carbonyl (C=O) groups excluding carboxylic acids is 2. The van der Waals surface area contributed by atoms with Gasteiger partial charge >= 0.3 is 11.4 Å². The Labute approximate surface area is 356 Å². The lowest BCUT2D eigenvalue weighted by Gasteiger charge is -2.49. The Kier molecular flexibility index (Phi) is 9.80. The molecule has 0 bridgehead atoms. The number of fused-ring (bicyclic) bond motifs is 5. The zero-order valence-corrected chi connectivity index (χ0v) is 34.6. The minimum Gasteiger partial charge on any atom is -0.504 e. The summed E-state index contributed by atoms with van der Waals surface area (Å²) in [6, 6.07) is 18.8.